The van der Waals surface area contributed by atoms with Gasteiger partial charge in [-0.15, -0.1) is 0 Å². The minimum Gasteiger partial charge on any atom is -0.483 e. The molecule has 0 radical (unpaired) electrons. The number of rotatable bonds is 2. The number of nitrogens with one attached hydrogen (secondary N) is 2. The van der Waals surface area contributed by atoms with Crippen molar-refractivity contribution in [3.8, 4) is 5.75 Å². The van der Waals surface area contributed by atoms with Crippen LogP contribution >= 0.6 is 0 Å². The van der Waals surface area contributed by atoms with Crippen LogP contribution in [-0.2, 0) is 4.79 Å². The second kappa shape index (κ2) is 8.92. The number of anilines is 1. The monoisotopic (exact) mass is 466 g/mol. The van der Waals surface area contributed by atoms with E-state index in [0.29, 0.717) is 36.8 Å². The molecule has 2 aliphatic rings. The van der Waals surface area contributed by atoms with E-state index in [-0.39, 0.29) is 29.9 Å². The summed E-state index contributed by atoms with van der Waals surface area (Å²) in [7, 11) is 1.66. The third-order valence-electron chi connectivity index (χ3n) is 6.26. The number of ether oxygens (including phenoxy) is 1. The molecule has 2 N–H and O–H groups in total. The van der Waals surface area contributed by atoms with Crippen molar-refractivity contribution in [2.75, 3.05) is 32.1 Å². The van der Waals surface area contributed by atoms with E-state index in [1.807, 2.05) is 19.1 Å². The van der Waals surface area contributed by atoms with Gasteiger partial charge >= 0.3 is 0 Å². The number of aromatic nitrogens is 3. The van der Waals surface area contributed by atoms with E-state index in [4.69, 9.17) is 14.8 Å². The van der Waals surface area contributed by atoms with E-state index in [2.05, 4.69) is 10.6 Å². The van der Waals surface area contributed by atoms with Gasteiger partial charge in [-0.1, -0.05) is 6.92 Å². The summed E-state index contributed by atoms with van der Waals surface area (Å²) in [6.45, 7) is 2.54. The zero-order chi connectivity index (χ0) is 23.8. The summed E-state index contributed by atoms with van der Waals surface area (Å²) in [4.78, 5) is 32.0. The number of nitrogens with zero attached hydrogens (tertiary/aromatic N) is 4. The highest BCUT2D eigenvalue weighted by atomic mass is 19.1. The molecule has 10 heteroatoms. The molecular weight excluding hydrogens is 439 g/mol. The Labute approximate surface area is 196 Å². The van der Waals surface area contributed by atoms with Crippen LogP contribution in [0.2, 0.25) is 0 Å². The first kappa shape index (κ1) is 22.1. The Kier molecular flexibility index (Phi) is 5.80. The van der Waals surface area contributed by atoms with Gasteiger partial charge in [-0.05, 0) is 37.5 Å². The van der Waals surface area contributed by atoms with Crippen molar-refractivity contribution in [1.82, 2.24) is 24.8 Å². The average molecular weight is 467 g/mol. The van der Waals surface area contributed by atoms with Crippen LogP contribution in [-0.4, -0.2) is 58.1 Å². The van der Waals surface area contributed by atoms with Gasteiger partial charge in [-0.25, -0.2) is 9.37 Å². The van der Waals surface area contributed by atoms with Crippen LogP contribution < -0.4 is 15.4 Å². The molecule has 1 atom stereocenters. The van der Waals surface area contributed by atoms with Crippen LogP contribution in [0.3, 0.4) is 0 Å². The summed E-state index contributed by atoms with van der Waals surface area (Å²) in [5, 5.41) is 10.9. The lowest BCUT2D eigenvalue weighted by molar-refractivity contribution is -0.123. The van der Waals surface area contributed by atoms with Gasteiger partial charge in [0, 0.05) is 43.9 Å². The predicted molar refractivity (Wildman–Crippen MR) is 123 cm³/mol. The van der Waals surface area contributed by atoms with Gasteiger partial charge in [0.05, 0.1) is 17.3 Å². The molecule has 2 aromatic heterocycles. The van der Waals surface area contributed by atoms with Gasteiger partial charge < -0.3 is 20.3 Å². The molecule has 0 saturated heterocycles. The fraction of sp³-hybridized carbons (Fsp3) is 0.417. The summed E-state index contributed by atoms with van der Waals surface area (Å²) in [5.41, 5.74) is 2.46. The molecule has 5 rings (SSSR count). The topological polar surface area (TPSA) is 101 Å². The highest BCUT2D eigenvalue weighted by Gasteiger charge is 2.29. The van der Waals surface area contributed by atoms with Crippen LogP contribution in [0.5, 0.6) is 5.75 Å². The summed E-state index contributed by atoms with van der Waals surface area (Å²) in [6.07, 6.45) is 2.83. The lowest BCUT2D eigenvalue weighted by atomic mass is 10.1. The molecule has 1 fully saturated rings. The summed E-state index contributed by atoms with van der Waals surface area (Å²) >= 11 is 0. The van der Waals surface area contributed by atoms with Crippen molar-refractivity contribution < 1.29 is 18.7 Å². The van der Waals surface area contributed by atoms with Crippen molar-refractivity contribution in [3.63, 3.8) is 0 Å². The largest absolute Gasteiger partial charge is 0.483 e. The smallest absolute Gasteiger partial charge is 0.258 e. The van der Waals surface area contributed by atoms with E-state index in [1.54, 1.807) is 11.6 Å². The summed E-state index contributed by atoms with van der Waals surface area (Å²) in [6, 6.07) is 7.25. The molecule has 9 nitrogen and oxygen atoms in total. The minimum atomic E-state index is -0.559. The fourth-order valence-corrected chi connectivity index (χ4v) is 4.28. The normalized spacial score (nSPS) is 19.5. The molecule has 2 bridgehead atoms. The van der Waals surface area contributed by atoms with Crippen LogP contribution in [0, 0.1) is 5.82 Å². The maximum atomic E-state index is 14.1. The van der Waals surface area contributed by atoms with Crippen molar-refractivity contribution in [2.45, 2.75) is 38.1 Å². The number of carbonyl (C=O) groups excluding carboxylic acids is 2. The second-order valence-electron chi connectivity index (χ2n) is 8.73. The Morgan fingerprint density at radius 1 is 1.12 bits per heavy atom. The summed E-state index contributed by atoms with van der Waals surface area (Å²) < 4.78 is 21.4. The Hall–Kier alpha value is -3.69. The standard InChI is InChI=1S/C24H27FN6O3/c1-3-19-18-12-22-28-17(14-4-5-14)11-21(31(22)29-18)26-8-9-27-23(32)13-34-20-7-6-15(25)10-16(20)24(33)30(19)2/h6-7,10-12,14,19,26H,3-5,8-9,13H2,1-2H3,(H,27,32). The van der Waals surface area contributed by atoms with Gasteiger partial charge in [0.25, 0.3) is 11.8 Å². The number of hydrogen-bond acceptors (Lipinski definition) is 6. The maximum Gasteiger partial charge on any atom is 0.258 e. The fourth-order valence-electron chi connectivity index (χ4n) is 4.28. The molecule has 3 heterocycles. The summed E-state index contributed by atoms with van der Waals surface area (Å²) in [5.74, 6) is 0.0736. The Bertz CT molecular complexity index is 1250. The van der Waals surface area contributed by atoms with Gasteiger partial charge in [0.1, 0.15) is 17.4 Å². The predicted octanol–water partition coefficient (Wildman–Crippen LogP) is 2.89. The molecule has 1 aromatic carbocycles. The van der Waals surface area contributed by atoms with Crippen LogP contribution in [0.4, 0.5) is 10.2 Å². The van der Waals surface area contributed by atoms with E-state index in [0.717, 1.165) is 30.4 Å². The highest BCUT2D eigenvalue weighted by Crippen LogP contribution is 2.40. The first-order valence-electron chi connectivity index (χ1n) is 11.5. The number of amides is 2. The Balaban J connectivity index is 1.59. The number of halogens is 1. The third-order valence-corrected chi connectivity index (χ3v) is 6.26. The second-order valence-corrected chi connectivity index (χ2v) is 8.73. The average Bonchev–Trinajstić information content (AvgIpc) is 3.59. The van der Waals surface area contributed by atoms with Gasteiger partial charge in [0.15, 0.2) is 12.3 Å². The van der Waals surface area contributed by atoms with Crippen LogP contribution in [0.15, 0.2) is 30.3 Å². The zero-order valence-corrected chi connectivity index (χ0v) is 19.2. The van der Waals surface area contributed by atoms with Crippen molar-refractivity contribution in [1.29, 1.82) is 0 Å². The van der Waals surface area contributed by atoms with Crippen LogP contribution in [0.1, 0.15) is 59.9 Å². The highest BCUT2D eigenvalue weighted by molar-refractivity contribution is 5.97. The number of fused-ring (bicyclic) bond motifs is 2. The number of carbonyl (C=O) groups is 2. The molecule has 178 valence electrons. The van der Waals surface area contributed by atoms with Crippen LogP contribution in [0.25, 0.3) is 5.65 Å². The molecule has 1 unspecified atom stereocenters. The third kappa shape index (κ3) is 4.27. The number of benzene rings is 1. The van der Waals surface area contributed by atoms with E-state index >= 15 is 0 Å². The van der Waals surface area contributed by atoms with Crippen molar-refractivity contribution >= 4 is 23.3 Å². The SMILES string of the molecule is CCC1c2cc3nc(C4CC4)cc(n3n2)NCCNC(=O)COc2ccc(F)cc2C(=O)N1C. The minimum absolute atomic E-state index is 0.0566. The molecule has 1 saturated carbocycles. The van der Waals surface area contributed by atoms with E-state index < -0.39 is 11.7 Å². The molecule has 34 heavy (non-hydrogen) atoms. The molecule has 1 aliphatic carbocycles. The lowest BCUT2D eigenvalue weighted by Crippen LogP contribution is -2.34. The zero-order valence-electron chi connectivity index (χ0n) is 19.2. The van der Waals surface area contributed by atoms with Crippen molar-refractivity contribution in [3.05, 3.63) is 53.1 Å². The van der Waals surface area contributed by atoms with Gasteiger partial charge in [-0.3, -0.25) is 9.59 Å². The van der Waals surface area contributed by atoms with Crippen molar-refractivity contribution in [2.24, 2.45) is 0 Å². The van der Waals surface area contributed by atoms with E-state index in [9.17, 15) is 14.0 Å². The molecule has 3 aromatic rings. The van der Waals surface area contributed by atoms with Gasteiger partial charge in [-0.2, -0.15) is 9.61 Å². The Morgan fingerprint density at radius 2 is 1.91 bits per heavy atom. The number of hydrogen-bond donors (Lipinski definition) is 2. The molecule has 2 amide bonds. The quantitative estimate of drug-likeness (QED) is 0.602. The van der Waals surface area contributed by atoms with E-state index in [1.165, 1.54) is 17.0 Å². The molecule has 1 aliphatic heterocycles. The van der Waals surface area contributed by atoms with Gasteiger partial charge in [0.2, 0.25) is 0 Å². The molecular formula is C24H27FN6O3. The first-order valence-corrected chi connectivity index (χ1v) is 11.5. The lowest BCUT2D eigenvalue weighted by Gasteiger charge is -2.26. The molecule has 0 spiro atoms. The maximum absolute atomic E-state index is 14.1. The Morgan fingerprint density at radius 3 is 2.68 bits per heavy atom. The first-order chi connectivity index (χ1) is 16.4.